The van der Waals surface area contributed by atoms with Gasteiger partial charge in [-0.1, -0.05) is 34.1 Å². The number of thiazole rings is 1. The SMILES string of the molecule is CCN1CCCC[C@@H]1C(=O)C[C@H](C(=O)N(C)[C@H](C[C@@H](OC(C)=O)c1nc(C(=O)N[C@@H](Cc2ncc(C)cn2)C[C@H](C)C(=O)OC)cs1)C(C)C)C1CC1. The number of rotatable bonds is 19. The van der Waals surface area contributed by atoms with E-state index in [1.54, 1.807) is 36.6 Å². The number of Topliss-reactive ketones (excluding diaryl/α,β-unsaturated/α-hetero) is 1. The molecule has 1 saturated heterocycles. The third-order valence-electron chi connectivity index (χ3n) is 10.6. The number of ether oxygens (including phenoxy) is 2. The molecular weight excluding hydrogens is 697 g/mol. The van der Waals surface area contributed by atoms with Gasteiger partial charge in [0, 0.05) is 69.0 Å². The minimum atomic E-state index is -0.806. The smallest absolute Gasteiger partial charge is 0.308 e. The van der Waals surface area contributed by atoms with Crippen LogP contribution in [0.3, 0.4) is 0 Å². The molecule has 3 heterocycles. The van der Waals surface area contributed by atoms with E-state index in [2.05, 4.69) is 32.1 Å². The largest absolute Gasteiger partial charge is 0.469 e. The molecule has 1 aliphatic carbocycles. The fraction of sp³-hybridized carbons (Fsp3) is 0.692. The lowest BCUT2D eigenvalue weighted by atomic mass is 9.88. The summed E-state index contributed by atoms with van der Waals surface area (Å²) in [6.45, 7) is 12.8. The average Bonchev–Trinajstić information content (AvgIpc) is 3.86. The first-order chi connectivity index (χ1) is 25.2. The van der Waals surface area contributed by atoms with Gasteiger partial charge in [0.15, 0.2) is 11.9 Å². The van der Waals surface area contributed by atoms with Crippen LogP contribution >= 0.6 is 11.3 Å². The van der Waals surface area contributed by atoms with Gasteiger partial charge < -0.3 is 19.7 Å². The van der Waals surface area contributed by atoms with E-state index in [0.29, 0.717) is 23.7 Å². The summed E-state index contributed by atoms with van der Waals surface area (Å²) in [7, 11) is 3.11. The van der Waals surface area contributed by atoms with Crippen LogP contribution in [0.1, 0.15) is 119 Å². The molecule has 6 atom stereocenters. The molecule has 4 rings (SSSR count). The van der Waals surface area contributed by atoms with E-state index < -0.39 is 29.9 Å². The standard InChI is InChI=1S/C39H58N6O7S/c1-9-45-15-11-10-12-31(45)33(47)18-29(27-13-14-27)38(49)44(7)32(23(2)3)19-34(52-26(6)46)37-43-30(22-53-37)36(48)42-28(16-25(5)39(50)51-8)17-35-40-20-24(4)21-41-35/h20-23,25,27-29,31-32,34H,9-19H2,1-8H3,(H,42,48)/t25-,28+,29-,31+,32+,34+/m0/s1. The predicted molar refractivity (Wildman–Crippen MR) is 201 cm³/mol. The fourth-order valence-corrected chi connectivity index (χ4v) is 8.26. The number of amides is 2. The van der Waals surface area contributed by atoms with Crippen molar-refractivity contribution >= 4 is 40.9 Å². The highest BCUT2D eigenvalue weighted by atomic mass is 32.1. The number of hydrogen-bond acceptors (Lipinski definition) is 12. The summed E-state index contributed by atoms with van der Waals surface area (Å²) in [5.74, 6) is -1.39. The number of piperidine rings is 1. The Balaban J connectivity index is 1.49. The van der Waals surface area contributed by atoms with Gasteiger partial charge in [-0.25, -0.2) is 15.0 Å². The molecule has 292 valence electrons. The maximum atomic E-state index is 14.2. The topological polar surface area (TPSA) is 161 Å². The third-order valence-corrected chi connectivity index (χ3v) is 11.5. The summed E-state index contributed by atoms with van der Waals surface area (Å²) in [6.07, 6.45) is 8.54. The second-order valence-electron chi connectivity index (χ2n) is 15.1. The fourth-order valence-electron chi connectivity index (χ4n) is 7.42. The molecule has 2 aromatic heterocycles. The number of methoxy groups -OCH3 is 1. The Hall–Kier alpha value is -3.78. The maximum Gasteiger partial charge on any atom is 0.308 e. The highest BCUT2D eigenvalue weighted by Gasteiger charge is 2.43. The second kappa shape index (κ2) is 19.5. The van der Waals surface area contributed by atoms with Crippen LogP contribution in [0.2, 0.25) is 0 Å². The number of likely N-dealkylation sites (tertiary alicyclic amines) is 1. The van der Waals surface area contributed by atoms with Crippen LogP contribution in [0.15, 0.2) is 17.8 Å². The van der Waals surface area contributed by atoms with Crippen LogP contribution in [0.25, 0.3) is 0 Å². The minimum absolute atomic E-state index is 0.00391. The first-order valence-corrected chi connectivity index (χ1v) is 19.9. The zero-order valence-corrected chi connectivity index (χ0v) is 33.4. The highest BCUT2D eigenvalue weighted by molar-refractivity contribution is 7.09. The summed E-state index contributed by atoms with van der Waals surface area (Å²) in [6, 6.07) is -0.945. The lowest BCUT2D eigenvalue weighted by Gasteiger charge is -2.37. The van der Waals surface area contributed by atoms with Crippen LogP contribution in [0, 0.1) is 30.6 Å². The number of esters is 2. The van der Waals surface area contributed by atoms with Crippen molar-refractivity contribution in [2.75, 3.05) is 27.2 Å². The van der Waals surface area contributed by atoms with E-state index >= 15 is 0 Å². The molecule has 0 aromatic carbocycles. The molecule has 2 amide bonds. The van der Waals surface area contributed by atoms with Gasteiger partial charge in [0.2, 0.25) is 5.91 Å². The monoisotopic (exact) mass is 754 g/mol. The van der Waals surface area contributed by atoms with Crippen molar-refractivity contribution in [2.24, 2.45) is 23.7 Å². The normalized spacial score (nSPS) is 19.1. The van der Waals surface area contributed by atoms with Gasteiger partial charge in [-0.2, -0.15) is 0 Å². The van der Waals surface area contributed by atoms with E-state index in [4.69, 9.17) is 9.47 Å². The van der Waals surface area contributed by atoms with Crippen molar-refractivity contribution in [3.63, 3.8) is 0 Å². The molecule has 0 spiro atoms. The first-order valence-electron chi connectivity index (χ1n) is 19.0. The number of hydrogen-bond donors (Lipinski definition) is 1. The van der Waals surface area contributed by atoms with Gasteiger partial charge in [-0.15, -0.1) is 11.3 Å². The van der Waals surface area contributed by atoms with Crippen molar-refractivity contribution in [3.05, 3.63) is 39.9 Å². The van der Waals surface area contributed by atoms with Crippen LogP contribution in [0.5, 0.6) is 0 Å². The van der Waals surface area contributed by atoms with E-state index in [0.717, 1.165) is 50.8 Å². The molecule has 1 saturated carbocycles. The van der Waals surface area contributed by atoms with Crippen LogP contribution in [-0.4, -0.2) is 99.7 Å². The zero-order valence-electron chi connectivity index (χ0n) is 32.6. The lowest BCUT2D eigenvalue weighted by molar-refractivity contribution is -0.149. The zero-order chi connectivity index (χ0) is 38.8. The summed E-state index contributed by atoms with van der Waals surface area (Å²) in [5.41, 5.74) is 1.05. The van der Waals surface area contributed by atoms with E-state index in [1.807, 2.05) is 20.8 Å². The van der Waals surface area contributed by atoms with Crippen molar-refractivity contribution in [1.82, 2.24) is 30.1 Å². The van der Waals surface area contributed by atoms with Crippen molar-refractivity contribution < 1.29 is 33.4 Å². The molecule has 1 N–H and O–H groups in total. The van der Waals surface area contributed by atoms with E-state index in [-0.39, 0.29) is 66.0 Å². The quantitative estimate of drug-likeness (QED) is 0.190. The average molecular weight is 755 g/mol. The van der Waals surface area contributed by atoms with Crippen molar-refractivity contribution in [1.29, 1.82) is 0 Å². The number of aromatic nitrogens is 3. The van der Waals surface area contributed by atoms with E-state index in [1.165, 1.54) is 25.4 Å². The number of aryl methyl sites for hydroxylation is 1. The number of nitrogens with one attached hydrogen (secondary N) is 1. The Morgan fingerprint density at radius 3 is 2.36 bits per heavy atom. The molecular formula is C39H58N6O7S. The minimum Gasteiger partial charge on any atom is -0.469 e. The molecule has 2 aliphatic rings. The van der Waals surface area contributed by atoms with Crippen LogP contribution in [-0.2, 0) is 35.1 Å². The van der Waals surface area contributed by atoms with Gasteiger partial charge in [0.1, 0.15) is 16.5 Å². The summed E-state index contributed by atoms with van der Waals surface area (Å²) < 4.78 is 10.7. The number of nitrogens with zero attached hydrogens (tertiary/aromatic N) is 5. The molecule has 13 nitrogen and oxygen atoms in total. The highest BCUT2D eigenvalue weighted by Crippen LogP contribution is 2.41. The van der Waals surface area contributed by atoms with Crippen molar-refractivity contribution in [3.8, 4) is 0 Å². The van der Waals surface area contributed by atoms with Crippen molar-refractivity contribution in [2.45, 2.75) is 124 Å². The Labute approximate surface area is 318 Å². The van der Waals surface area contributed by atoms with Gasteiger partial charge in [-0.3, -0.25) is 28.9 Å². The first kappa shape index (κ1) is 42.0. The number of ketones is 1. The molecule has 0 bridgehead atoms. The van der Waals surface area contributed by atoms with Crippen LogP contribution in [0.4, 0.5) is 0 Å². The van der Waals surface area contributed by atoms with Crippen LogP contribution < -0.4 is 5.32 Å². The van der Waals surface area contributed by atoms with Gasteiger partial charge in [0.25, 0.3) is 5.91 Å². The third kappa shape index (κ3) is 11.9. The second-order valence-corrected chi connectivity index (χ2v) is 16.0. The molecule has 2 aromatic rings. The lowest BCUT2D eigenvalue weighted by Crippen LogP contribution is -2.48. The van der Waals surface area contributed by atoms with Gasteiger partial charge >= 0.3 is 11.9 Å². The van der Waals surface area contributed by atoms with Gasteiger partial charge in [-0.05, 0) is 69.5 Å². The summed E-state index contributed by atoms with van der Waals surface area (Å²) >= 11 is 1.20. The molecule has 0 radical (unpaired) electrons. The number of carbonyl (C=O) groups is 5. The molecule has 14 heteroatoms. The molecule has 2 fully saturated rings. The predicted octanol–water partition coefficient (Wildman–Crippen LogP) is 5.12. The maximum absolute atomic E-state index is 14.2. The molecule has 53 heavy (non-hydrogen) atoms. The Bertz CT molecular complexity index is 1560. The number of carbonyl (C=O) groups excluding carboxylic acids is 5. The number of likely N-dealkylation sites (N-methyl/N-ethyl adjacent to an activating group) is 1. The van der Waals surface area contributed by atoms with Gasteiger partial charge in [0.05, 0.1) is 19.1 Å². The van der Waals surface area contributed by atoms with E-state index in [9.17, 15) is 24.0 Å². The molecule has 0 unspecified atom stereocenters. The Morgan fingerprint density at radius 1 is 1.06 bits per heavy atom. The Kier molecular flexibility index (Phi) is 15.5. The summed E-state index contributed by atoms with van der Waals surface area (Å²) in [4.78, 5) is 83.4. The Morgan fingerprint density at radius 2 is 1.75 bits per heavy atom. The summed E-state index contributed by atoms with van der Waals surface area (Å²) in [5, 5.41) is 5.04. The molecule has 1 aliphatic heterocycles.